The summed E-state index contributed by atoms with van der Waals surface area (Å²) in [5.74, 6) is 0.718. The Kier molecular flexibility index (Phi) is 7.29. The van der Waals surface area contributed by atoms with Gasteiger partial charge in [-0.1, -0.05) is 20.8 Å². The summed E-state index contributed by atoms with van der Waals surface area (Å²) in [4.78, 5) is 0. The van der Waals surface area contributed by atoms with Crippen LogP contribution in [0.5, 0.6) is 0 Å². The molecule has 0 rings (SSSR count). The highest BCUT2D eigenvalue weighted by atomic mass is 16.5. The summed E-state index contributed by atoms with van der Waals surface area (Å²) in [5, 5.41) is 3.62. The molecule has 0 aliphatic rings. The first kappa shape index (κ1) is 12.9. The van der Waals surface area contributed by atoms with Crippen LogP contribution in [0.4, 0.5) is 0 Å². The van der Waals surface area contributed by atoms with E-state index >= 15 is 0 Å². The zero-order valence-corrected chi connectivity index (χ0v) is 9.76. The molecule has 0 aliphatic heterocycles. The molecule has 0 saturated heterocycles. The van der Waals surface area contributed by atoms with Gasteiger partial charge in [0, 0.05) is 25.8 Å². The molecule has 0 fully saturated rings. The summed E-state index contributed by atoms with van der Waals surface area (Å²) in [6.07, 6.45) is 2.30. The van der Waals surface area contributed by atoms with Crippen molar-refractivity contribution in [1.29, 1.82) is 0 Å². The Balaban J connectivity index is 3.66. The van der Waals surface area contributed by atoms with E-state index in [2.05, 4.69) is 33.0 Å². The molecule has 0 amide bonds. The molecule has 0 aliphatic carbocycles. The molecule has 2 nitrogen and oxygen atoms in total. The first-order chi connectivity index (χ1) is 6.11. The Hall–Kier alpha value is -0.0800. The molecule has 2 unspecified atom stereocenters. The Bertz CT molecular complexity index is 115. The predicted molar refractivity (Wildman–Crippen MR) is 58.0 cm³/mol. The maximum absolute atomic E-state index is 5.05. The summed E-state index contributed by atoms with van der Waals surface area (Å²) in [6, 6.07) is 1.21. The lowest BCUT2D eigenvalue weighted by atomic mass is 10.0. The minimum Gasteiger partial charge on any atom is -0.385 e. The van der Waals surface area contributed by atoms with Crippen LogP contribution in [0.1, 0.15) is 40.5 Å². The molecule has 2 atom stereocenters. The third-order valence-corrected chi connectivity index (χ3v) is 2.50. The van der Waals surface area contributed by atoms with Gasteiger partial charge in [-0.3, -0.25) is 0 Å². The van der Waals surface area contributed by atoms with E-state index < -0.39 is 0 Å². The lowest BCUT2D eigenvalue weighted by Gasteiger charge is -2.25. The quantitative estimate of drug-likeness (QED) is 0.661. The molecule has 0 spiro atoms. The van der Waals surface area contributed by atoms with Gasteiger partial charge >= 0.3 is 0 Å². The van der Waals surface area contributed by atoms with E-state index in [1.165, 1.54) is 6.42 Å². The Morgan fingerprint density at radius 2 is 1.85 bits per heavy atom. The van der Waals surface area contributed by atoms with Crippen LogP contribution in [0.2, 0.25) is 0 Å². The molecular formula is C11H25NO. The van der Waals surface area contributed by atoms with Gasteiger partial charge in [0.05, 0.1) is 0 Å². The number of hydrogen-bond acceptors (Lipinski definition) is 2. The molecule has 0 aromatic rings. The number of nitrogens with one attached hydrogen (secondary N) is 1. The van der Waals surface area contributed by atoms with Gasteiger partial charge in [-0.2, -0.15) is 0 Å². The van der Waals surface area contributed by atoms with Crippen LogP contribution in [0.15, 0.2) is 0 Å². The monoisotopic (exact) mass is 187 g/mol. The van der Waals surface area contributed by atoms with E-state index in [9.17, 15) is 0 Å². The molecule has 0 aromatic heterocycles. The fourth-order valence-corrected chi connectivity index (χ4v) is 1.53. The van der Waals surface area contributed by atoms with Gasteiger partial charge in [0.25, 0.3) is 0 Å². The number of hydrogen-bond donors (Lipinski definition) is 1. The van der Waals surface area contributed by atoms with Gasteiger partial charge in [0.2, 0.25) is 0 Å². The molecule has 0 radical (unpaired) electrons. The van der Waals surface area contributed by atoms with Crippen LogP contribution in [0.25, 0.3) is 0 Å². The fraction of sp³-hybridized carbons (Fsp3) is 1.00. The number of ether oxygens (including phenoxy) is 1. The fourth-order valence-electron chi connectivity index (χ4n) is 1.53. The first-order valence-electron chi connectivity index (χ1n) is 5.36. The summed E-state index contributed by atoms with van der Waals surface area (Å²) < 4.78 is 5.05. The number of rotatable bonds is 7. The van der Waals surface area contributed by atoms with Crippen LogP contribution >= 0.6 is 0 Å². The first-order valence-corrected chi connectivity index (χ1v) is 5.36. The Labute approximate surface area is 83.1 Å². The molecule has 80 valence electrons. The van der Waals surface area contributed by atoms with Crippen molar-refractivity contribution in [3.05, 3.63) is 0 Å². The topological polar surface area (TPSA) is 21.3 Å². The van der Waals surface area contributed by atoms with Crippen LogP contribution in [-0.4, -0.2) is 25.8 Å². The minimum absolute atomic E-state index is 0.562. The van der Waals surface area contributed by atoms with E-state index in [1.54, 1.807) is 7.11 Å². The van der Waals surface area contributed by atoms with Gasteiger partial charge in [-0.05, 0) is 25.7 Å². The smallest absolute Gasteiger partial charge is 0.0476 e. The summed E-state index contributed by atoms with van der Waals surface area (Å²) in [5.41, 5.74) is 0. The van der Waals surface area contributed by atoms with Crippen molar-refractivity contribution < 1.29 is 4.74 Å². The molecular weight excluding hydrogens is 162 g/mol. The third-order valence-electron chi connectivity index (χ3n) is 2.50. The van der Waals surface area contributed by atoms with E-state index in [-0.39, 0.29) is 0 Å². The second-order valence-corrected chi connectivity index (χ2v) is 4.11. The minimum atomic E-state index is 0.562. The molecule has 1 N–H and O–H groups in total. The Morgan fingerprint density at radius 1 is 1.23 bits per heavy atom. The highest BCUT2D eigenvalue weighted by Gasteiger charge is 2.12. The van der Waals surface area contributed by atoms with Crippen molar-refractivity contribution in [3.8, 4) is 0 Å². The van der Waals surface area contributed by atoms with E-state index in [0.717, 1.165) is 18.9 Å². The molecule has 0 aromatic carbocycles. The lowest BCUT2D eigenvalue weighted by Crippen LogP contribution is -2.40. The average molecular weight is 187 g/mol. The van der Waals surface area contributed by atoms with Gasteiger partial charge in [-0.25, -0.2) is 0 Å². The highest BCUT2D eigenvalue weighted by molar-refractivity contribution is 4.72. The molecule has 0 bridgehead atoms. The van der Waals surface area contributed by atoms with E-state index in [4.69, 9.17) is 4.74 Å². The largest absolute Gasteiger partial charge is 0.385 e. The van der Waals surface area contributed by atoms with Crippen molar-refractivity contribution in [3.63, 3.8) is 0 Å². The number of methoxy groups -OCH3 is 1. The van der Waals surface area contributed by atoms with Crippen molar-refractivity contribution in [1.82, 2.24) is 5.32 Å². The maximum atomic E-state index is 5.05. The van der Waals surface area contributed by atoms with Crippen LogP contribution in [0, 0.1) is 5.92 Å². The summed E-state index contributed by atoms with van der Waals surface area (Å²) in [6.45, 7) is 9.85. The summed E-state index contributed by atoms with van der Waals surface area (Å²) in [7, 11) is 1.76. The summed E-state index contributed by atoms with van der Waals surface area (Å²) >= 11 is 0. The molecule has 13 heavy (non-hydrogen) atoms. The van der Waals surface area contributed by atoms with Gasteiger partial charge in [0.1, 0.15) is 0 Å². The SMILES string of the molecule is CCC(NC(C)CCOC)C(C)C. The predicted octanol–water partition coefficient (Wildman–Crippen LogP) is 2.44. The normalized spacial score (nSPS) is 16.2. The van der Waals surface area contributed by atoms with Crippen LogP contribution in [-0.2, 0) is 4.74 Å². The van der Waals surface area contributed by atoms with E-state index in [1.807, 2.05) is 0 Å². The van der Waals surface area contributed by atoms with E-state index in [0.29, 0.717) is 12.1 Å². The second-order valence-electron chi connectivity index (χ2n) is 4.11. The highest BCUT2D eigenvalue weighted by Crippen LogP contribution is 2.07. The lowest BCUT2D eigenvalue weighted by molar-refractivity contribution is 0.180. The zero-order chi connectivity index (χ0) is 10.3. The third kappa shape index (κ3) is 6.05. The van der Waals surface area contributed by atoms with Gasteiger partial charge in [-0.15, -0.1) is 0 Å². The van der Waals surface area contributed by atoms with Crippen molar-refractivity contribution in [2.45, 2.75) is 52.6 Å². The second kappa shape index (κ2) is 7.34. The van der Waals surface area contributed by atoms with Crippen LogP contribution in [0.3, 0.4) is 0 Å². The average Bonchev–Trinajstić information content (AvgIpc) is 2.10. The molecule has 2 heteroatoms. The standard InChI is InChI=1S/C11H25NO/c1-6-11(9(2)3)12-10(4)7-8-13-5/h9-12H,6-8H2,1-5H3. The molecule has 0 heterocycles. The van der Waals surface area contributed by atoms with Crippen molar-refractivity contribution >= 4 is 0 Å². The van der Waals surface area contributed by atoms with Crippen molar-refractivity contribution in [2.24, 2.45) is 5.92 Å². The van der Waals surface area contributed by atoms with Crippen molar-refractivity contribution in [2.75, 3.05) is 13.7 Å². The van der Waals surface area contributed by atoms with Gasteiger partial charge < -0.3 is 10.1 Å². The maximum Gasteiger partial charge on any atom is 0.0476 e. The molecule has 0 saturated carbocycles. The van der Waals surface area contributed by atoms with Crippen LogP contribution < -0.4 is 5.32 Å². The zero-order valence-electron chi connectivity index (χ0n) is 9.76. The Morgan fingerprint density at radius 3 is 2.23 bits per heavy atom. The van der Waals surface area contributed by atoms with Gasteiger partial charge in [0.15, 0.2) is 0 Å².